The summed E-state index contributed by atoms with van der Waals surface area (Å²) < 4.78 is 0. The molecule has 0 N–H and O–H groups in total. The summed E-state index contributed by atoms with van der Waals surface area (Å²) in [5.74, 6) is 0.342. The fourth-order valence-electron chi connectivity index (χ4n) is 4.50. The molecule has 1 saturated carbocycles. The summed E-state index contributed by atoms with van der Waals surface area (Å²) in [6.07, 6.45) is 3.29. The molecule has 0 aromatic heterocycles. The van der Waals surface area contributed by atoms with Gasteiger partial charge in [-0.25, -0.2) is 0 Å². The molecule has 0 unspecified atom stereocenters. The van der Waals surface area contributed by atoms with Gasteiger partial charge in [-0.2, -0.15) is 0 Å². The number of nitro benzene ring substituents is 1. The van der Waals surface area contributed by atoms with Crippen molar-refractivity contribution in [1.82, 2.24) is 0 Å². The number of hydrogen-bond donors (Lipinski definition) is 0. The number of thioether (sulfide) groups is 1. The minimum Gasteiger partial charge on any atom is -0.299 e. The number of benzene rings is 2. The molecule has 0 heterocycles. The lowest BCUT2D eigenvalue weighted by molar-refractivity contribution is -0.384. The van der Waals surface area contributed by atoms with E-state index in [1.54, 1.807) is 23.9 Å². The Hall–Kier alpha value is -2.47. The molecule has 1 aliphatic rings. The topological polar surface area (TPSA) is 77.3 Å². The highest BCUT2D eigenvalue weighted by atomic mass is 32.2. The summed E-state index contributed by atoms with van der Waals surface area (Å²) in [6, 6.07) is 10.7. The van der Waals surface area contributed by atoms with Crippen molar-refractivity contribution >= 4 is 29.0 Å². The van der Waals surface area contributed by atoms with E-state index in [9.17, 15) is 19.7 Å². The largest absolute Gasteiger partial charge is 0.299 e. The molecular weight excluding hydrogens is 410 g/mol. The van der Waals surface area contributed by atoms with E-state index in [0.717, 1.165) is 46.6 Å². The summed E-state index contributed by atoms with van der Waals surface area (Å²) in [5.41, 5.74) is 4.46. The molecule has 0 spiro atoms. The Labute approximate surface area is 187 Å². The number of Topliss-reactive ketones (excluding diaryl/α,β-unsaturated/α-hetero) is 2. The number of nitro groups is 1. The van der Waals surface area contributed by atoms with Crippen LogP contribution in [0.15, 0.2) is 41.3 Å². The third-order valence-electron chi connectivity index (χ3n) is 6.01. The summed E-state index contributed by atoms with van der Waals surface area (Å²) >= 11 is 1.60. The Morgan fingerprint density at radius 2 is 1.55 bits per heavy atom. The minimum atomic E-state index is -0.607. The van der Waals surface area contributed by atoms with Crippen LogP contribution in [-0.4, -0.2) is 22.2 Å². The van der Waals surface area contributed by atoms with Gasteiger partial charge in [0.15, 0.2) is 0 Å². The summed E-state index contributed by atoms with van der Waals surface area (Å²) in [6.45, 7) is 6.21. The fourth-order valence-corrected chi connectivity index (χ4v) is 5.51. The second-order valence-corrected chi connectivity index (χ2v) is 9.40. The third-order valence-corrected chi connectivity index (χ3v) is 7.06. The number of ketones is 2. The van der Waals surface area contributed by atoms with Crippen molar-refractivity contribution in [2.45, 2.75) is 63.7 Å². The van der Waals surface area contributed by atoms with Gasteiger partial charge in [-0.1, -0.05) is 31.5 Å². The molecule has 0 bridgehead atoms. The lowest BCUT2D eigenvalue weighted by Crippen LogP contribution is -2.33. The zero-order chi connectivity index (χ0) is 22.5. The molecule has 3 rings (SSSR count). The van der Waals surface area contributed by atoms with Gasteiger partial charge in [0.05, 0.1) is 4.92 Å². The Bertz CT molecular complexity index is 941. The van der Waals surface area contributed by atoms with E-state index >= 15 is 0 Å². The van der Waals surface area contributed by atoms with E-state index in [2.05, 4.69) is 32.9 Å². The van der Waals surface area contributed by atoms with Gasteiger partial charge >= 0.3 is 0 Å². The standard InChI is InChI=1S/C25H29NO4S/c1-4-18-12-16(3)13-19(5-2)24(18)25-22(27)14-17(15-23(25)28)10-11-31-21-8-6-20(7-9-21)26(29)30/h6-9,12-13,17,25H,4-5,10-11,14-15H2,1-3H3. The van der Waals surface area contributed by atoms with Gasteiger partial charge in [0.1, 0.15) is 17.5 Å². The van der Waals surface area contributed by atoms with Crippen molar-refractivity contribution in [3.63, 3.8) is 0 Å². The highest BCUT2D eigenvalue weighted by molar-refractivity contribution is 7.99. The second kappa shape index (κ2) is 10.2. The SMILES string of the molecule is CCc1cc(C)cc(CC)c1C1C(=O)CC(CCSc2ccc([N+](=O)[O-])cc2)CC1=O. The maximum absolute atomic E-state index is 13.1. The zero-order valence-corrected chi connectivity index (χ0v) is 19.2. The van der Waals surface area contributed by atoms with Gasteiger partial charge < -0.3 is 0 Å². The molecule has 164 valence electrons. The highest BCUT2D eigenvalue weighted by Crippen LogP contribution is 2.37. The molecule has 0 atom stereocenters. The van der Waals surface area contributed by atoms with Crippen molar-refractivity contribution < 1.29 is 14.5 Å². The third kappa shape index (κ3) is 5.42. The quantitative estimate of drug-likeness (QED) is 0.223. The number of carbonyl (C=O) groups excluding carboxylic acids is 2. The van der Waals surface area contributed by atoms with Crippen LogP contribution in [0.1, 0.15) is 61.3 Å². The minimum absolute atomic E-state index is 0.0508. The number of rotatable bonds is 8. The Kier molecular flexibility index (Phi) is 7.65. The van der Waals surface area contributed by atoms with E-state index < -0.39 is 10.8 Å². The normalized spacial score (nSPS) is 18.9. The number of nitrogens with zero attached hydrogens (tertiary/aromatic N) is 1. The summed E-state index contributed by atoms with van der Waals surface area (Å²) in [5, 5.41) is 10.8. The first-order valence-corrected chi connectivity index (χ1v) is 11.9. The van der Waals surface area contributed by atoms with E-state index in [4.69, 9.17) is 0 Å². The van der Waals surface area contributed by atoms with Crippen molar-refractivity contribution in [1.29, 1.82) is 0 Å². The first-order chi connectivity index (χ1) is 14.8. The van der Waals surface area contributed by atoms with E-state index in [-0.39, 0.29) is 23.2 Å². The molecule has 1 aliphatic carbocycles. The maximum Gasteiger partial charge on any atom is 0.269 e. The van der Waals surface area contributed by atoms with Gasteiger partial charge in [0.2, 0.25) is 0 Å². The van der Waals surface area contributed by atoms with Crippen LogP contribution in [0.25, 0.3) is 0 Å². The molecule has 1 fully saturated rings. The van der Waals surface area contributed by atoms with E-state index in [0.29, 0.717) is 12.8 Å². The molecule has 31 heavy (non-hydrogen) atoms. The zero-order valence-electron chi connectivity index (χ0n) is 18.3. The van der Waals surface area contributed by atoms with Crippen molar-refractivity contribution in [2.24, 2.45) is 5.92 Å². The average molecular weight is 440 g/mol. The number of aryl methyl sites for hydroxylation is 3. The molecule has 5 nitrogen and oxygen atoms in total. The van der Waals surface area contributed by atoms with E-state index in [1.807, 2.05) is 0 Å². The molecule has 0 aliphatic heterocycles. The molecule has 0 saturated heterocycles. The van der Waals surface area contributed by atoms with Crippen LogP contribution in [0.3, 0.4) is 0 Å². The predicted molar refractivity (Wildman–Crippen MR) is 124 cm³/mol. The van der Waals surface area contributed by atoms with Gasteiger partial charge in [-0.05, 0) is 66.7 Å². The van der Waals surface area contributed by atoms with Gasteiger partial charge in [-0.3, -0.25) is 19.7 Å². The molecule has 0 radical (unpaired) electrons. The van der Waals surface area contributed by atoms with Crippen LogP contribution in [0.5, 0.6) is 0 Å². The lowest BCUT2D eigenvalue weighted by Gasteiger charge is -2.29. The first-order valence-electron chi connectivity index (χ1n) is 10.9. The van der Waals surface area contributed by atoms with E-state index in [1.165, 1.54) is 17.7 Å². The second-order valence-electron chi connectivity index (χ2n) is 8.23. The Balaban J connectivity index is 1.65. The van der Waals surface area contributed by atoms with Crippen LogP contribution in [-0.2, 0) is 22.4 Å². The summed E-state index contributed by atoms with van der Waals surface area (Å²) in [4.78, 5) is 37.5. The first kappa shape index (κ1) is 23.2. The number of carbonyl (C=O) groups is 2. The van der Waals surface area contributed by atoms with Crippen LogP contribution >= 0.6 is 11.8 Å². The van der Waals surface area contributed by atoms with Crippen molar-refractivity contribution in [3.8, 4) is 0 Å². The summed E-state index contributed by atoms with van der Waals surface area (Å²) in [7, 11) is 0. The van der Waals surface area contributed by atoms with Crippen LogP contribution in [0.4, 0.5) is 5.69 Å². The van der Waals surface area contributed by atoms with Crippen LogP contribution in [0.2, 0.25) is 0 Å². The average Bonchev–Trinajstić information content (AvgIpc) is 2.74. The Morgan fingerprint density at radius 1 is 1.00 bits per heavy atom. The monoisotopic (exact) mass is 439 g/mol. The van der Waals surface area contributed by atoms with Crippen molar-refractivity contribution in [2.75, 3.05) is 5.75 Å². The molecule has 2 aromatic rings. The molecule has 0 amide bonds. The fraction of sp³-hybridized carbons (Fsp3) is 0.440. The van der Waals surface area contributed by atoms with Crippen molar-refractivity contribution in [3.05, 3.63) is 68.8 Å². The molecular formula is C25H29NO4S. The van der Waals surface area contributed by atoms with Gasteiger partial charge in [0, 0.05) is 29.9 Å². The van der Waals surface area contributed by atoms with Crippen LogP contribution in [0, 0.1) is 23.0 Å². The van der Waals surface area contributed by atoms with Crippen LogP contribution < -0.4 is 0 Å². The maximum atomic E-state index is 13.1. The smallest absolute Gasteiger partial charge is 0.269 e. The lowest BCUT2D eigenvalue weighted by atomic mass is 9.73. The van der Waals surface area contributed by atoms with Gasteiger partial charge in [0.25, 0.3) is 5.69 Å². The number of hydrogen-bond acceptors (Lipinski definition) is 5. The Morgan fingerprint density at radius 3 is 2.03 bits per heavy atom. The molecule has 6 heteroatoms. The van der Waals surface area contributed by atoms with Gasteiger partial charge in [-0.15, -0.1) is 11.8 Å². The predicted octanol–water partition coefficient (Wildman–Crippen LogP) is 5.84. The highest BCUT2D eigenvalue weighted by Gasteiger charge is 2.38. The number of non-ortho nitro benzene ring substituents is 1. The molecule has 2 aromatic carbocycles.